The van der Waals surface area contributed by atoms with Crippen molar-refractivity contribution in [2.75, 3.05) is 25.0 Å². The Morgan fingerprint density at radius 2 is 2.14 bits per heavy atom. The van der Waals surface area contributed by atoms with Gasteiger partial charge in [0.2, 0.25) is 0 Å². The number of aromatic nitrogens is 2. The van der Waals surface area contributed by atoms with Crippen molar-refractivity contribution < 1.29 is 0 Å². The van der Waals surface area contributed by atoms with Crippen LogP contribution >= 0.6 is 11.3 Å². The Bertz CT molecular complexity index is 643. The smallest absolute Gasteiger partial charge is 0.138 e. The van der Waals surface area contributed by atoms with Crippen molar-refractivity contribution in [2.24, 2.45) is 0 Å². The van der Waals surface area contributed by atoms with E-state index in [1.54, 1.807) is 6.33 Å². The predicted octanol–water partition coefficient (Wildman–Crippen LogP) is 3.08. The molecule has 1 saturated heterocycles. The summed E-state index contributed by atoms with van der Waals surface area (Å²) < 4.78 is 0. The fourth-order valence-corrected chi connectivity index (χ4v) is 4.85. The van der Waals surface area contributed by atoms with Gasteiger partial charge in [-0.15, -0.1) is 11.3 Å². The van der Waals surface area contributed by atoms with Crippen LogP contribution in [0.4, 0.5) is 5.82 Å². The maximum atomic E-state index is 4.56. The summed E-state index contributed by atoms with van der Waals surface area (Å²) in [6, 6.07) is 0.558. The third-order valence-electron chi connectivity index (χ3n) is 4.88. The Hall–Kier alpha value is -1.20. The number of fused-ring (bicyclic) bond motifs is 3. The van der Waals surface area contributed by atoms with Crippen molar-refractivity contribution in [3.8, 4) is 0 Å². The molecule has 2 aromatic heterocycles. The number of rotatable bonds is 3. The summed E-state index contributed by atoms with van der Waals surface area (Å²) in [4.78, 5) is 14.3. The standard InChI is InChI=1S/C16H22N4S/c1-2-20-8-6-11(7-9-20)19-15-14-12-4-3-5-13(12)21-16(14)18-10-17-15/h10-11H,2-9H2,1H3,(H,17,18,19). The van der Waals surface area contributed by atoms with E-state index in [-0.39, 0.29) is 0 Å². The Morgan fingerprint density at radius 3 is 2.95 bits per heavy atom. The molecule has 0 bridgehead atoms. The lowest BCUT2D eigenvalue weighted by Crippen LogP contribution is -2.39. The van der Waals surface area contributed by atoms with Gasteiger partial charge in [0, 0.05) is 24.0 Å². The summed E-state index contributed by atoms with van der Waals surface area (Å²) in [6.07, 6.45) is 7.87. The molecular weight excluding hydrogens is 280 g/mol. The first-order valence-electron chi connectivity index (χ1n) is 8.09. The van der Waals surface area contributed by atoms with Crippen molar-refractivity contribution in [3.05, 3.63) is 16.8 Å². The van der Waals surface area contributed by atoms with Gasteiger partial charge in [-0.05, 0) is 44.2 Å². The lowest BCUT2D eigenvalue weighted by molar-refractivity contribution is 0.229. The highest BCUT2D eigenvalue weighted by Crippen LogP contribution is 2.39. The van der Waals surface area contributed by atoms with Crippen LogP contribution in [0.2, 0.25) is 0 Å². The van der Waals surface area contributed by atoms with E-state index in [1.165, 1.54) is 72.4 Å². The molecule has 0 unspecified atom stereocenters. The molecule has 2 aromatic rings. The lowest BCUT2D eigenvalue weighted by atomic mass is 10.0. The summed E-state index contributed by atoms with van der Waals surface area (Å²) in [5.41, 5.74) is 1.52. The highest BCUT2D eigenvalue weighted by atomic mass is 32.1. The second kappa shape index (κ2) is 5.54. The van der Waals surface area contributed by atoms with Crippen LogP contribution in [0, 0.1) is 0 Å². The van der Waals surface area contributed by atoms with E-state index in [4.69, 9.17) is 0 Å². The van der Waals surface area contributed by atoms with E-state index >= 15 is 0 Å². The number of nitrogens with one attached hydrogen (secondary N) is 1. The molecule has 1 aliphatic heterocycles. The zero-order valence-electron chi connectivity index (χ0n) is 12.6. The first kappa shape index (κ1) is 13.5. The van der Waals surface area contributed by atoms with Crippen molar-refractivity contribution in [3.63, 3.8) is 0 Å². The molecule has 1 fully saturated rings. The molecule has 1 N–H and O–H groups in total. The van der Waals surface area contributed by atoms with Crippen LogP contribution in [0.3, 0.4) is 0 Å². The monoisotopic (exact) mass is 302 g/mol. The van der Waals surface area contributed by atoms with Crippen molar-refractivity contribution in [1.82, 2.24) is 14.9 Å². The van der Waals surface area contributed by atoms with Crippen LogP contribution in [-0.4, -0.2) is 40.5 Å². The molecule has 112 valence electrons. The van der Waals surface area contributed by atoms with Gasteiger partial charge in [-0.1, -0.05) is 6.92 Å². The van der Waals surface area contributed by atoms with Gasteiger partial charge in [0.25, 0.3) is 0 Å². The van der Waals surface area contributed by atoms with Gasteiger partial charge >= 0.3 is 0 Å². The lowest BCUT2D eigenvalue weighted by Gasteiger charge is -2.31. The predicted molar refractivity (Wildman–Crippen MR) is 88.2 cm³/mol. The minimum Gasteiger partial charge on any atom is -0.367 e. The molecule has 2 aliphatic rings. The molecule has 3 heterocycles. The summed E-state index contributed by atoms with van der Waals surface area (Å²) in [6.45, 7) is 5.81. The van der Waals surface area contributed by atoms with E-state index in [0.29, 0.717) is 6.04 Å². The molecule has 0 radical (unpaired) electrons. The Balaban J connectivity index is 1.59. The highest BCUT2D eigenvalue weighted by molar-refractivity contribution is 7.19. The molecule has 0 spiro atoms. The van der Waals surface area contributed by atoms with E-state index in [2.05, 4.69) is 27.1 Å². The number of hydrogen-bond acceptors (Lipinski definition) is 5. The molecule has 1 aliphatic carbocycles. The first-order chi connectivity index (χ1) is 10.3. The fourth-order valence-electron chi connectivity index (χ4n) is 3.62. The van der Waals surface area contributed by atoms with E-state index < -0.39 is 0 Å². The fraction of sp³-hybridized carbons (Fsp3) is 0.625. The Labute approximate surface area is 129 Å². The minimum atomic E-state index is 0.558. The van der Waals surface area contributed by atoms with Crippen LogP contribution in [0.15, 0.2) is 6.33 Å². The normalized spacial score (nSPS) is 20.0. The van der Waals surface area contributed by atoms with Crippen LogP contribution in [-0.2, 0) is 12.8 Å². The van der Waals surface area contributed by atoms with Crippen LogP contribution in [0.1, 0.15) is 36.6 Å². The molecule has 0 saturated carbocycles. The van der Waals surface area contributed by atoms with E-state index in [9.17, 15) is 0 Å². The van der Waals surface area contributed by atoms with E-state index in [0.717, 1.165) is 5.82 Å². The van der Waals surface area contributed by atoms with Gasteiger partial charge in [-0.3, -0.25) is 0 Å². The maximum absolute atomic E-state index is 4.56. The van der Waals surface area contributed by atoms with Gasteiger partial charge in [-0.25, -0.2) is 9.97 Å². The number of anilines is 1. The molecule has 0 amide bonds. The van der Waals surface area contributed by atoms with E-state index in [1.807, 2.05) is 11.3 Å². The number of hydrogen-bond donors (Lipinski definition) is 1. The molecule has 0 atom stereocenters. The van der Waals surface area contributed by atoms with Gasteiger partial charge in [0.15, 0.2) is 0 Å². The molecular formula is C16H22N4S. The minimum absolute atomic E-state index is 0.558. The van der Waals surface area contributed by atoms with Crippen LogP contribution in [0.5, 0.6) is 0 Å². The van der Waals surface area contributed by atoms with Crippen LogP contribution < -0.4 is 5.32 Å². The van der Waals surface area contributed by atoms with Gasteiger partial charge in [0.1, 0.15) is 17.0 Å². The summed E-state index contributed by atoms with van der Waals surface area (Å²) >= 11 is 1.87. The number of aryl methyl sites for hydroxylation is 2. The Kier molecular flexibility index (Phi) is 3.55. The summed E-state index contributed by atoms with van der Waals surface area (Å²) in [5.74, 6) is 1.08. The molecule has 0 aromatic carbocycles. The molecule has 4 nitrogen and oxygen atoms in total. The summed E-state index contributed by atoms with van der Waals surface area (Å²) in [7, 11) is 0. The molecule has 4 rings (SSSR count). The molecule has 21 heavy (non-hydrogen) atoms. The maximum Gasteiger partial charge on any atom is 0.138 e. The van der Waals surface area contributed by atoms with Gasteiger partial charge < -0.3 is 10.2 Å². The number of piperidine rings is 1. The molecule has 5 heteroatoms. The average molecular weight is 302 g/mol. The van der Waals surface area contributed by atoms with Crippen LogP contribution in [0.25, 0.3) is 10.2 Å². The average Bonchev–Trinajstić information content (AvgIpc) is 3.09. The second-order valence-electron chi connectivity index (χ2n) is 6.11. The second-order valence-corrected chi connectivity index (χ2v) is 7.20. The van der Waals surface area contributed by atoms with Gasteiger partial charge in [0.05, 0.1) is 5.39 Å². The van der Waals surface area contributed by atoms with Gasteiger partial charge in [-0.2, -0.15) is 0 Å². The number of nitrogens with zero attached hydrogens (tertiary/aromatic N) is 3. The number of thiophene rings is 1. The number of likely N-dealkylation sites (tertiary alicyclic amines) is 1. The third kappa shape index (κ3) is 2.42. The zero-order valence-corrected chi connectivity index (χ0v) is 13.4. The summed E-state index contributed by atoms with van der Waals surface area (Å²) in [5, 5.41) is 5.03. The Morgan fingerprint density at radius 1 is 1.29 bits per heavy atom. The topological polar surface area (TPSA) is 41.0 Å². The zero-order chi connectivity index (χ0) is 14.2. The van der Waals surface area contributed by atoms with Crippen molar-refractivity contribution in [2.45, 2.75) is 45.1 Å². The quantitative estimate of drug-likeness (QED) is 0.946. The van der Waals surface area contributed by atoms with Crippen molar-refractivity contribution >= 4 is 27.4 Å². The largest absolute Gasteiger partial charge is 0.367 e. The SMILES string of the molecule is CCN1CCC(Nc2ncnc3sc4c(c23)CCC4)CC1. The third-order valence-corrected chi connectivity index (χ3v) is 6.08. The first-order valence-corrected chi connectivity index (χ1v) is 8.91. The van der Waals surface area contributed by atoms with Crippen molar-refractivity contribution in [1.29, 1.82) is 0 Å². The highest BCUT2D eigenvalue weighted by Gasteiger charge is 2.23.